The van der Waals surface area contributed by atoms with Gasteiger partial charge in [0.2, 0.25) is 0 Å². The van der Waals surface area contributed by atoms with Gasteiger partial charge in [-0.15, -0.1) is 0 Å². The van der Waals surface area contributed by atoms with Gasteiger partial charge in [0.25, 0.3) is 0 Å². The average molecular weight is 610 g/mol. The molecule has 1 fully saturated rings. The number of rotatable bonds is 16. The van der Waals surface area contributed by atoms with E-state index in [1.807, 2.05) is 6.92 Å². The first kappa shape index (κ1) is 38.5. The first-order valence-electron chi connectivity index (χ1n) is 15.2. The zero-order valence-corrected chi connectivity index (χ0v) is 26.9. The minimum Gasteiger partial charge on any atom is -0.462 e. The molecule has 14 atom stereocenters. The van der Waals surface area contributed by atoms with Crippen molar-refractivity contribution in [2.45, 2.75) is 105 Å². The van der Waals surface area contributed by atoms with Gasteiger partial charge in [-0.05, 0) is 19.4 Å². The molecule has 0 aliphatic carbocycles. The summed E-state index contributed by atoms with van der Waals surface area (Å²) in [5.74, 6) is -3.60. The number of carbonyl (C=O) groups is 2. The second-order valence-electron chi connectivity index (χ2n) is 12.5. The van der Waals surface area contributed by atoms with E-state index in [1.54, 1.807) is 84.9 Å². The Hall–Kier alpha value is -2.50. The lowest BCUT2D eigenvalue weighted by Gasteiger charge is -2.36. The van der Waals surface area contributed by atoms with E-state index in [0.29, 0.717) is 5.57 Å². The van der Waals surface area contributed by atoms with Crippen molar-refractivity contribution in [1.82, 2.24) is 0 Å². The SMILES string of the molecule is C=C/C=C\[C@H](C)[C@H](OC(N)=O)[C@@H](C)[C@H](O)[C@@H](C)C(O)/C(C)=C\[C@H](C)[C@@H](O)[C@@H](C)/C=C\[C@@H](O)C[C@@H]1OC(=O)[C@H](C)[C@@H](O)[C@H]1C. The molecule has 0 aromatic heterocycles. The monoisotopic (exact) mass is 609 g/mol. The van der Waals surface area contributed by atoms with E-state index in [0.717, 1.165) is 0 Å². The fourth-order valence-electron chi connectivity index (χ4n) is 5.73. The molecule has 1 aliphatic heterocycles. The summed E-state index contributed by atoms with van der Waals surface area (Å²) in [6.45, 7) is 17.6. The zero-order chi connectivity index (χ0) is 33.2. The van der Waals surface area contributed by atoms with Crippen LogP contribution in [-0.4, -0.2) is 80.3 Å². The highest BCUT2D eigenvalue weighted by molar-refractivity contribution is 5.73. The van der Waals surface area contributed by atoms with Crippen LogP contribution in [0.4, 0.5) is 4.79 Å². The molecule has 0 bridgehead atoms. The number of hydrogen-bond donors (Lipinski definition) is 6. The number of nitrogens with two attached hydrogens (primary N) is 1. The summed E-state index contributed by atoms with van der Waals surface area (Å²) in [5, 5.41) is 53.9. The minimum atomic E-state index is -1.04. The molecule has 1 amide bonds. The molecular formula is C33H55NO9. The quantitative estimate of drug-likeness (QED) is 0.0870. The molecule has 1 aliphatic rings. The highest BCUT2D eigenvalue weighted by Crippen LogP contribution is 2.31. The van der Waals surface area contributed by atoms with Crippen molar-refractivity contribution >= 4 is 12.1 Å². The minimum absolute atomic E-state index is 0.129. The van der Waals surface area contributed by atoms with Crippen LogP contribution in [0.1, 0.15) is 61.8 Å². The molecule has 1 heterocycles. The summed E-state index contributed by atoms with van der Waals surface area (Å²) in [7, 11) is 0. The van der Waals surface area contributed by atoms with Crippen molar-refractivity contribution in [3.05, 3.63) is 48.6 Å². The Morgan fingerprint density at radius 1 is 0.977 bits per heavy atom. The van der Waals surface area contributed by atoms with E-state index >= 15 is 0 Å². The van der Waals surface area contributed by atoms with Crippen molar-refractivity contribution in [2.75, 3.05) is 0 Å². The molecule has 7 N–H and O–H groups in total. The Balaban J connectivity index is 2.85. The van der Waals surface area contributed by atoms with Crippen LogP contribution in [0.2, 0.25) is 0 Å². The number of amides is 1. The van der Waals surface area contributed by atoms with Gasteiger partial charge in [0.05, 0.1) is 36.4 Å². The van der Waals surface area contributed by atoms with Gasteiger partial charge in [0.15, 0.2) is 0 Å². The summed E-state index contributed by atoms with van der Waals surface area (Å²) in [6.07, 6.45) is 3.23. The number of carbonyl (C=O) groups excluding carboxylic acids is 2. The van der Waals surface area contributed by atoms with Gasteiger partial charge < -0.3 is 40.7 Å². The van der Waals surface area contributed by atoms with Crippen LogP contribution in [0.15, 0.2) is 48.6 Å². The summed E-state index contributed by atoms with van der Waals surface area (Å²) in [4.78, 5) is 23.5. The lowest BCUT2D eigenvalue weighted by molar-refractivity contribution is -0.179. The number of aliphatic hydroxyl groups is 5. The van der Waals surface area contributed by atoms with Crippen molar-refractivity contribution in [2.24, 2.45) is 47.2 Å². The summed E-state index contributed by atoms with van der Waals surface area (Å²) >= 11 is 0. The largest absolute Gasteiger partial charge is 0.462 e. The first-order chi connectivity index (χ1) is 19.9. The number of aliphatic hydroxyl groups excluding tert-OH is 5. The van der Waals surface area contributed by atoms with Crippen LogP contribution in [-0.2, 0) is 14.3 Å². The molecule has 246 valence electrons. The summed E-state index contributed by atoms with van der Waals surface area (Å²) in [6, 6.07) is 0. The van der Waals surface area contributed by atoms with Crippen LogP contribution < -0.4 is 5.73 Å². The fraction of sp³-hybridized carbons (Fsp3) is 0.697. The number of allylic oxidation sites excluding steroid dienone is 2. The molecule has 0 radical (unpaired) electrons. The first-order valence-corrected chi connectivity index (χ1v) is 15.2. The third-order valence-corrected chi connectivity index (χ3v) is 8.87. The van der Waals surface area contributed by atoms with Gasteiger partial charge in [0.1, 0.15) is 12.2 Å². The molecule has 0 aromatic rings. The molecule has 0 saturated carbocycles. The van der Waals surface area contributed by atoms with Crippen LogP contribution in [0.25, 0.3) is 0 Å². The maximum atomic E-state index is 12.0. The summed E-state index contributed by atoms with van der Waals surface area (Å²) < 4.78 is 10.7. The number of hydrogen-bond acceptors (Lipinski definition) is 9. The molecule has 1 rings (SSSR count). The molecule has 0 spiro atoms. The third-order valence-electron chi connectivity index (χ3n) is 8.87. The Bertz CT molecular complexity index is 995. The van der Waals surface area contributed by atoms with Crippen molar-refractivity contribution in [3.63, 3.8) is 0 Å². The standard InChI is InChI=1S/C33H55NO9/c1-10-11-12-18(3)31(43-33(34)41)23(8)30(39)22(7)28(37)20(5)15-19(4)27(36)17(2)13-14-25(35)16-26-21(6)29(38)24(9)32(40)42-26/h10-15,17-19,21-31,35-39H,1,16H2,2-9H3,(H2,34,41)/b12-11-,14-13-,20-15-/t17-,18-,19-,21-,22-,23-,24+,25+,26-,27-,28?,29-,30+,31-/m0/s1. The fourth-order valence-corrected chi connectivity index (χ4v) is 5.73. The average Bonchev–Trinajstić information content (AvgIpc) is 2.96. The van der Waals surface area contributed by atoms with Crippen molar-refractivity contribution in [1.29, 1.82) is 0 Å². The Morgan fingerprint density at radius 3 is 2.14 bits per heavy atom. The highest BCUT2D eigenvalue weighted by atomic mass is 16.6. The van der Waals surface area contributed by atoms with Gasteiger partial charge in [-0.2, -0.15) is 0 Å². The van der Waals surface area contributed by atoms with Crippen molar-refractivity contribution < 1.29 is 44.6 Å². The highest BCUT2D eigenvalue weighted by Gasteiger charge is 2.41. The van der Waals surface area contributed by atoms with Gasteiger partial charge in [-0.25, -0.2) is 4.79 Å². The lowest BCUT2D eigenvalue weighted by atomic mass is 9.80. The number of esters is 1. The van der Waals surface area contributed by atoms with E-state index in [4.69, 9.17) is 15.2 Å². The predicted molar refractivity (Wildman–Crippen MR) is 165 cm³/mol. The van der Waals surface area contributed by atoms with Crippen molar-refractivity contribution in [3.8, 4) is 0 Å². The second-order valence-corrected chi connectivity index (χ2v) is 12.5. The Labute approximate surface area is 257 Å². The van der Waals surface area contributed by atoms with E-state index in [2.05, 4.69) is 6.58 Å². The maximum Gasteiger partial charge on any atom is 0.404 e. The molecular weight excluding hydrogens is 554 g/mol. The topological polar surface area (TPSA) is 180 Å². The molecule has 10 nitrogen and oxygen atoms in total. The third kappa shape index (κ3) is 11.2. The van der Waals surface area contributed by atoms with Gasteiger partial charge >= 0.3 is 12.1 Å². The van der Waals surface area contributed by atoms with Gasteiger partial charge in [-0.3, -0.25) is 4.79 Å². The molecule has 10 heteroatoms. The van der Waals surface area contributed by atoms with E-state index in [-0.39, 0.29) is 30.1 Å². The summed E-state index contributed by atoms with van der Waals surface area (Å²) in [5.41, 5.74) is 5.84. The maximum absolute atomic E-state index is 12.0. The lowest BCUT2D eigenvalue weighted by Crippen LogP contribution is -2.47. The molecule has 1 unspecified atom stereocenters. The van der Waals surface area contributed by atoms with Crippen LogP contribution in [0, 0.1) is 41.4 Å². The smallest absolute Gasteiger partial charge is 0.404 e. The molecule has 1 saturated heterocycles. The van der Waals surface area contributed by atoms with E-state index in [1.165, 1.54) is 0 Å². The zero-order valence-electron chi connectivity index (χ0n) is 26.9. The second kappa shape index (κ2) is 17.7. The number of cyclic esters (lactones) is 1. The van der Waals surface area contributed by atoms with Crippen LogP contribution >= 0.6 is 0 Å². The number of ether oxygens (including phenoxy) is 2. The van der Waals surface area contributed by atoms with Gasteiger partial charge in [0, 0.05) is 41.9 Å². The van der Waals surface area contributed by atoms with Gasteiger partial charge in [-0.1, -0.05) is 84.6 Å². The van der Waals surface area contributed by atoms with Crippen LogP contribution in [0.5, 0.6) is 0 Å². The molecule has 43 heavy (non-hydrogen) atoms. The predicted octanol–water partition coefficient (Wildman–Crippen LogP) is 3.27. The normalized spacial score (nSPS) is 28.7. The Kier molecular flexibility index (Phi) is 15.9. The van der Waals surface area contributed by atoms with E-state index < -0.39 is 72.5 Å². The van der Waals surface area contributed by atoms with E-state index in [9.17, 15) is 35.1 Å². The Morgan fingerprint density at radius 2 is 1.58 bits per heavy atom. The molecule has 0 aromatic carbocycles. The van der Waals surface area contributed by atoms with Crippen LogP contribution in [0.3, 0.4) is 0 Å². The number of primary amides is 1.